The number of benzene rings is 1. The predicted molar refractivity (Wildman–Crippen MR) is 94.2 cm³/mol. The summed E-state index contributed by atoms with van der Waals surface area (Å²) in [5.41, 5.74) is 2.72. The number of rotatable bonds is 3. The van der Waals surface area contributed by atoms with Crippen molar-refractivity contribution in [1.29, 1.82) is 0 Å². The third-order valence-corrected chi connectivity index (χ3v) is 5.27. The molecular formula is C19H22N4O2. The molecule has 1 atom stereocenters. The van der Waals surface area contributed by atoms with Gasteiger partial charge in [0.15, 0.2) is 0 Å². The molecule has 0 unspecified atom stereocenters. The molecule has 25 heavy (non-hydrogen) atoms. The zero-order valence-corrected chi connectivity index (χ0v) is 14.1. The molecule has 0 radical (unpaired) electrons. The molecule has 1 amide bonds. The van der Waals surface area contributed by atoms with Gasteiger partial charge in [-0.2, -0.15) is 0 Å². The Morgan fingerprint density at radius 1 is 1.24 bits per heavy atom. The number of aromatic nitrogens is 2. The Kier molecular flexibility index (Phi) is 4.36. The highest BCUT2D eigenvalue weighted by atomic mass is 16.2. The van der Waals surface area contributed by atoms with Crippen LogP contribution in [-0.2, 0) is 17.8 Å². The number of hydrogen-bond donors (Lipinski definition) is 1. The monoisotopic (exact) mass is 338 g/mol. The van der Waals surface area contributed by atoms with E-state index in [-0.39, 0.29) is 11.5 Å². The zero-order valence-electron chi connectivity index (χ0n) is 14.1. The SMILES string of the molecule is O=C(CN1CC[C@@H](c2ccccc2)C1)N1CCc2c(nc[nH]c2=O)C1. The number of H-pyrrole nitrogens is 1. The van der Waals surface area contributed by atoms with E-state index in [2.05, 4.69) is 39.1 Å². The van der Waals surface area contributed by atoms with Gasteiger partial charge in [0.05, 0.1) is 25.1 Å². The van der Waals surface area contributed by atoms with E-state index in [0.29, 0.717) is 32.0 Å². The highest BCUT2D eigenvalue weighted by Crippen LogP contribution is 2.27. The third kappa shape index (κ3) is 3.35. The average Bonchev–Trinajstić information content (AvgIpc) is 3.11. The van der Waals surface area contributed by atoms with Crippen LogP contribution < -0.4 is 5.56 Å². The molecular weight excluding hydrogens is 316 g/mol. The molecule has 2 aliphatic heterocycles. The Balaban J connectivity index is 1.36. The first kappa shape index (κ1) is 16.0. The van der Waals surface area contributed by atoms with Gasteiger partial charge in [0.2, 0.25) is 5.91 Å². The van der Waals surface area contributed by atoms with E-state index in [1.807, 2.05) is 11.0 Å². The number of hydrogen-bond acceptors (Lipinski definition) is 4. The van der Waals surface area contributed by atoms with Gasteiger partial charge >= 0.3 is 0 Å². The first-order valence-electron chi connectivity index (χ1n) is 8.81. The molecule has 3 heterocycles. The van der Waals surface area contributed by atoms with Crippen molar-refractivity contribution in [3.8, 4) is 0 Å². The van der Waals surface area contributed by atoms with Crippen LogP contribution in [0.25, 0.3) is 0 Å². The van der Waals surface area contributed by atoms with Gasteiger partial charge in [-0.05, 0) is 30.9 Å². The van der Waals surface area contributed by atoms with Gasteiger partial charge in [0, 0.05) is 18.7 Å². The molecule has 4 rings (SSSR count). The van der Waals surface area contributed by atoms with Crippen LogP contribution in [0.5, 0.6) is 0 Å². The molecule has 6 nitrogen and oxygen atoms in total. The molecule has 1 N–H and O–H groups in total. The van der Waals surface area contributed by atoms with Crippen LogP contribution in [0.15, 0.2) is 41.5 Å². The molecule has 1 aromatic heterocycles. The van der Waals surface area contributed by atoms with E-state index in [1.54, 1.807) is 0 Å². The van der Waals surface area contributed by atoms with Crippen molar-refractivity contribution in [3.63, 3.8) is 0 Å². The lowest BCUT2D eigenvalue weighted by Gasteiger charge is -2.29. The van der Waals surface area contributed by atoms with Crippen molar-refractivity contribution in [2.24, 2.45) is 0 Å². The summed E-state index contributed by atoms with van der Waals surface area (Å²) in [4.78, 5) is 35.3. The summed E-state index contributed by atoms with van der Waals surface area (Å²) in [5.74, 6) is 0.637. The van der Waals surface area contributed by atoms with Gasteiger partial charge in [-0.15, -0.1) is 0 Å². The fraction of sp³-hybridized carbons (Fsp3) is 0.421. The minimum absolute atomic E-state index is 0.0812. The number of aromatic amines is 1. The predicted octanol–water partition coefficient (Wildman–Crippen LogP) is 1.14. The summed E-state index contributed by atoms with van der Waals surface area (Å²) < 4.78 is 0. The number of nitrogens with one attached hydrogen (secondary N) is 1. The van der Waals surface area contributed by atoms with E-state index in [0.717, 1.165) is 30.8 Å². The molecule has 1 fully saturated rings. The quantitative estimate of drug-likeness (QED) is 0.911. The topological polar surface area (TPSA) is 69.3 Å². The largest absolute Gasteiger partial charge is 0.335 e. The summed E-state index contributed by atoms with van der Waals surface area (Å²) in [6.07, 6.45) is 3.09. The molecule has 0 bridgehead atoms. The molecule has 2 aliphatic rings. The summed E-state index contributed by atoms with van der Waals surface area (Å²) >= 11 is 0. The first-order valence-corrected chi connectivity index (χ1v) is 8.81. The van der Waals surface area contributed by atoms with E-state index in [1.165, 1.54) is 11.9 Å². The second-order valence-corrected chi connectivity index (χ2v) is 6.85. The minimum Gasteiger partial charge on any atom is -0.335 e. The maximum absolute atomic E-state index is 12.7. The summed E-state index contributed by atoms with van der Waals surface area (Å²) in [5, 5.41) is 0. The number of carbonyl (C=O) groups is 1. The van der Waals surface area contributed by atoms with Crippen LogP contribution in [0, 0.1) is 0 Å². The van der Waals surface area contributed by atoms with E-state index in [4.69, 9.17) is 0 Å². The van der Waals surface area contributed by atoms with Crippen molar-refractivity contribution in [3.05, 3.63) is 63.8 Å². The fourth-order valence-electron chi connectivity index (χ4n) is 3.84. The van der Waals surface area contributed by atoms with E-state index >= 15 is 0 Å². The van der Waals surface area contributed by atoms with Gasteiger partial charge in [0.25, 0.3) is 5.56 Å². The fourth-order valence-corrected chi connectivity index (χ4v) is 3.84. The molecule has 2 aromatic rings. The number of carbonyl (C=O) groups excluding carboxylic acids is 1. The Morgan fingerprint density at radius 2 is 2.08 bits per heavy atom. The van der Waals surface area contributed by atoms with Crippen LogP contribution >= 0.6 is 0 Å². The van der Waals surface area contributed by atoms with Crippen molar-refractivity contribution in [2.75, 3.05) is 26.2 Å². The van der Waals surface area contributed by atoms with Gasteiger partial charge in [-0.3, -0.25) is 14.5 Å². The second-order valence-electron chi connectivity index (χ2n) is 6.85. The van der Waals surface area contributed by atoms with Gasteiger partial charge in [-0.1, -0.05) is 30.3 Å². The molecule has 0 spiro atoms. The van der Waals surface area contributed by atoms with Crippen molar-refractivity contribution >= 4 is 5.91 Å². The lowest BCUT2D eigenvalue weighted by molar-refractivity contribution is -0.133. The standard InChI is InChI=1S/C19H22N4O2/c24-18(23-9-7-16-17(11-23)20-13-21-19(16)25)12-22-8-6-15(10-22)14-4-2-1-3-5-14/h1-5,13,15H,6-12H2,(H,20,21,25)/t15-/m1/s1. The average molecular weight is 338 g/mol. The van der Waals surface area contributed by atoms with Crippen LogP contribution in [-0.4, -0.2) is 51.9 Å². The normalized spacial score (nSPS) is 20.5. The smallest absolute Gasteiger partial charge is 0.254 e. The molecule has 1 saturated heterocycles. The highest BCUT2D eigenvalue weighted by molar-refractivity contribution is 5.78. The molecule has 130 valence electrons. The lowest BCUT2D eigenvalue weighted by Crippen LogP contribution is -2.43. The molecule has 1 aromatic carbocycles. The second kappa shape index (κ2) is 6.80. The molecule has 0 aliphatic carbocycles. The number of fused-ring (bicyclic) bond motifs is 1. The maximum atomic E-state index is 12.7. The van der Waals surface area contributed by atoms with Crippen LogP contribution in [0.2, 0.25) is 0 Å². The van der Waals surface area contributed by atoms with Crippen molar-refractivity contribution in [2.45, 2.75) is 25.3 Å². The minimum atomic E-state index is -0.0812. The molecule has 6 heteroatoms. The summed E-state index contributed by atoms with van der Waals surface area (Å²) in [6.45, 7) is 3.36. The van der Waals surface area contributed by atoms with E-state index < -0.39 is 0 Å². The number of nitrogens with zero attached hydrogens (tertiary/aromatic N) is 3. The number of likely N-dealkylation sites (tertiary alicyclic amines) is 1. The highest BCUT2D eigenvalue weighted by Gasteiger charge is 2.28. The van der Waals surface area contributed by atoms with E-state index in [9.17, 15) is 9.59 Å². The Labute approximate surface area is 146 Å². The Bertz CT molecular complexity index is 818. The Morgan fingerprint density at radius 3 is 2.92 bits per heavy atom. The van der Waals surface area contributed by atoms with Crippen LogP contribution in [0.3, 0.4) is 0 Å². The first-order chi connectivity index (χ1) is 12.2. The van der Waals surface area contributed by atoms with Gasteiger partial charge < -0.3 is 9.88 Å². The zero-order chi connectivity index (χ0) is 17.2. The van der Waals surface area contributed by atoms with Crippen LogP contribution in [0.4, 0.5) is 0 Å². The Hall–Kier alpha value is -2.47. The van der Waals surface area contributed by atoms with Crippen LogP contribution in [0.1, 0.15) is 29.2 Å². The van der Waals surface area contributed by atoms with Crippen molar-refractivity contribution in [1.82, 2.24) is 19.8 Å². The van der Waals surface area contributed by atoms with Gasteiger partial charge in [0.1, 0.15) is 0 Å². The lowest BCUT2D eigenvalue weighted by atomic mass is 9.99. The maximum Gasteiger partial charge on any atom is 0.254 e. The summed E-state index contributed by atoms with van der Waals surface area (Å²) in [6, 6.07) is 10.5. The van der Waals surface area contributed by atoms with Crippen molar-refractivity contribution < 1.29 is 4.79 Å². The van der Waals surface area contributed by atoms with Gasteiger partial charge in [-0.25, -0.2) is 4.98 Å². The summed E-state index contributed by atoms with van der Waals surface area (Å²) in [7, 11) is 0. The molecule has 0 saturated carbocycles. The number of amides is 1. The third-order valence-electron chi connectivity index (χ3n) is 5.27.